The molecular weight excluding hydrogens is 198 g/mol. The Morgan fingerprint density at radius 2 is 2.14 bits per heavy atom. The van der Waals surface area contributed by atoms with E-state index in [9.17, 15) is 8.42 Å². The molecule has 1 aromatic carbocycles. The fraction of sp³-hybridized carbons (Fsp3) is 0.400. The third kappa shape index (κ3) is 1.90. The first kappa shape index (κ1) is 9.52. The SMILES string of the molecule is CS(=O)(=O)CC1CNc2ccccc21. The summed E-state index contributed by atoms with van der Waals surface area (Å²) < 4.78 is 22.3. The van der Waals surface area contributed by atoms with Crippen LogP contribution in [0, 0.1) is 0 Å². The minimum absolute atomic E-state index is 0.112. The average molecular weight is 211 g/mol. The summed E-state index contributed by atoms with van der Waals surface area (Å²) in [7, 11) is -2.89. The van der Waals surface area contributed by atoms with Crippen LogP contribution in [0.1, 0.15) is 11.5 Å². The van der Waals surface area contributed by atoms with Crippen LogP contribution in [0.5, 0.6) is 0 Å². The number of anilines is 1. The van der Waals surface area contributed by atoms with Crippen LogP contribution in [0.4, 0.5) is 5.69 Å². The van der Waals surface area contributed by atoms with Crippen molar-refractivity contribution in [3.05, 3.63) is 29.8 Å². The van der Waals surface area contributed by atoms with E-state index in [0.717, 1.165) is 17.8 Å². The molecule has 0 aromatic heterocycles. The highest BCUT2D eigenvalue weighted by molar-refractivity contribution is 7.90. The van der Waals surface area contributed by atoms with Crippen LogP contribution >= 0.6 is 0 Å². The van der Waals surface area contributed by atoms with Gasteiger partial charge in [0.05, 0.1) is 5.75 Å². The molecule has 1 aliphatic heterocycles. The molecule has 1 N–H and O–H groups in total. The zero-order chi connectivity index (χ0) is 10.2. The first-order valence-electron chi connectivity index (χ1n) is 4.57. The monoisotopic (exact) mass is 211 g/mol. The number of rotatable bonds is 2. The third-order valence-corrected chi connectivity index (χ3v) is 3.45. The van der Waals surface area contributed by atoms with Crippen molar-refractivity contribution in [2.45, 2.75) is 5.92 Å². The van der Waals surface area contributed by atoms with Gasteiger partial charge in [-0.3, -0.25) is 0 Å². The van der Waals surface area contributed by atoms with E-state index in [1.807, 2.05) is 24.3 Å². The fourth-order valence-electron chi connectivity index (χ4n) is 1.87. The molecule has 0 spiro atoms. The topological polar surface area (TPSA) is 46.2 Å². The quantitative estimate of drug-likeness (QED) is 0.800. The van der Waals surface area contributed by atoms with Crippen LogP contribution in [0.2, 0.25) is 0 Å². The summed E-state index contributed by atoms with van der Waals surface area (Å²) in [6, 6.07) is 7.87. The van der Waals surface area contributed by atoms with E-state index < -0.39 is 9.84 Å². The minimum Gasteiger partial charge on any atom is -0.384 e. The van der Waals surface area contributed by atoms with Gasteiger partial charge in [0.2, 0.25) is 0 Å². The summed E-state index contributed by atoms with van der Waals surface area (Å²) in [6.45, 7) is 0.729. The van der Waals surface area contributed by atoms with Crippen LogP contribution in [0.15, 0.2) is 24.3 Å². The molecule has 3 nitrogen and oxygen atoms in total. The zero-order valence-electron chi connectivity index (χ0n) is 8.03. The van der Waals surface area contributed by atoms with E-state index in [-0.39, 0.29) is 11.7 Å². The standard InChI is InChI=1S/C10H13NO2S/c1-14(12,13)7-8-6-11-10-5-3-2-4-9(8)10/h2-5,8,11H,6-7H2,1H3. The Kier molecular flexibility index (Phi) is 2.23. The van der Waals surface area contributed by atoms with E-state index in [4.69, 9.17) is 0 Å². The van der Waals surface area contributed by atoms with Crippen molar-refractivity contribution in [1.29, 1.82) is 0 Å². The number of hydrogen-bond acceptors (Lipinski definition) is 3. The molecule has 2 rings (SSSR count). The summed E-state index contributed by atoms with van der Waals surface area (Å²) >= 11 is 0. The molecule has 0 amide bonds. The van der Waals surface area contributed by atoms with Crippen molar-refractivity contribution >= 4 is 15.5 Å². The highest BCUT2D eigenvalue weighted by Gasteiger charge is 2.24. The summed E-state index contributed by atoms with van der Waals surface area (Å²) in [6.07, 6.45) is 1.29. The fourth-order valence-corrected chi connectivity index (χ4v) is 2.90. The second kappa shape index (κ2) is 3.28. The number of fused-ring (bicyclic) bond motifs is 1. The largest absolute Gasteiger partial charge is 0.384 e. The molecule has 0 saturated heterocycles. The molecule has 0 bridgehead atoms. The predicted octanol–water partition coefficient (Wildman–Crippen LogP) is 1.24. The number of nitrogens with one attached hydrogen (secondary N) is 1. The number of hydrogen-bond donors (Lipinski definition) is 1. The lowest BCUT2D eigenvalue weighted by Crippen LogP contribution is -2.14. The Labute approximate surface area is 84.1 Å². The molecule has 1 heterocycles. The van der Waals surface area contributed by atoms with Gasteiger partial charge in [-0.15, -0.1) is 0 Å². The van der Waals surface area contributed by atoms with Crippen molar-refractivity contribution in [2.24, 2.45) is 0 Å². The van der Waals surface area contributed by atoms with Crippen LogP contribution in [-0.4, -0.2) is 27.0 Å². The highest BCUT2D eigenvalue weighted by atomic mass is 32.2. The van der Waals surface area contributed by atoms with E-state index in [1.54, 1.807) is 0 Å². The lowest BCUT2D eigenvalue weighted by atomic mass is 10.0. The Balaban J connectivity index is 2.27. The van der Waals surface area contributed by atoms with E-state index in [0.29, 0.717) is 0 Å². The molecule has 14 heavy (non-hydrogen) atoms. The molecule has 4 heteroatoms. The van der Waals surface area contributed by atoms with Crippen LogP contribution in [-0.2, 0) is 9.84 Å². The first-order chi connectivity index (χ1) is 6.56. The van der Waals surface area contributed by atoms with Crippen molar-refractivity contribution in [2.75, 3.05) is 23.9 Å². The Bertz CT molecular complexity index is 439. The van der Waals surface area contributed by atoms with Gasteiger partial charge in [0, 0.05) is 24.4 Å². The normalized spacial score (nSPS) is 20.2. The maximum atomic E-state index is 11.2. The van der Waals surface area contributed by atoms with Crippen LogP contribution in [0.25, 0.3) is 0 Å². The van der Waals surface area contributed by atoms with Gasteiger partial charge >= 0.3 is 0 Å². The van der Waals surface area contributed by atoms with Crippen molar-refractivity contribution in [3.8, 4) is 0 Å². The van der Waals surface area contributed by atoms with Gasteiger partial charge in [-0.2, -0.15) is 0 Å². The molecule has 1 aliphatic rings. The minimum atomic E-state index is -2.89. The summed E-state index contributed by atoms with van der Waals surface area (Å²) in [4.78, 5) is 0. The Morgan fingerprint density at radius 3 is 2.86 bits per heavy atom. The van der Waals surface area contributed by atoms with Crippen molar-refractivity contribution in [1.82, 2.24) is 0 Å². The Morgan fingerprint density at radius 1 is 1.43 bits per heavy atom. The van der Waals surface area contributed by atoms with Gasteiger partial charge in [0.15, 0.2) is 0 Å². The van der Waals surface area contributed by atoms with Gasteiger partial charge in [-0.05, 0) is 11.6 Å². The first-order valence-corrected chi connectivity index (χ1v) is 6.63. The predicted molar refractivity (Wildman–Crippen MR) is 57.4 cm³/mol. The van der Waals surface area contributed by atoms with Crippen molar-refractivity contribution in [3.63, 3.8) is 0 Å². The zero-order valence-corrected chi connectivity index (χ0v) is 8.84. The molecule has 1 unspecified atom stereocenters. The second-order valence-corrected chi connectivity index (χ2v) is 5.94. The number of benzene rings is 1. The van der Waals surface area contributed by atoms with Gasteiger partial charge in [-0.1, -0.05) is 18.2 Å². The van der Waals surface area contributed by atoms with Gasteiger partial charge < -0.3 is 5.32 Å². The smallest absolute Gasteiger partial charge is 0.148 e. The molecule has 0 aliphatic carbocycles. The maximum Gasteiger partial charge on any atom is 0.148 e. The molecule has 0 fully saturated rings. The van der Waals surface area contributed by atoms with Gasteiger partial charge in [-0.25, -0.2) is 8.42 Å². The molecule has 1 aromatic rings. The van der Waals surface area contributed by atoms with E-state index >= 15 is 0 Å². The maximum absolute atomic E-state index is 11.2. The lowest BCUT2D eigenvalue weighted by molar-refractivity contribution is 0.596. The summed E-state index contributed by atoms with van der Waals surface area (Å²) in [5.41, 5.74) is 2.19. The van der Waals surface area contributed by atoms with Crippen molar-refractivity contribution < 1.29 is 8.42 Å². The Hall–Kier alpha value is -1.03. The number of sulfone groups is 1. The van der Waals surface area contributed by atoms with Crippen LogP contribution in [0.3, 0.4) is 0 Å². The van der Waals surface area contributed by atoms with Gasteiger partial charge in [0.25, 0.3) is 0 Å². The molecule has 0 radical (unpaired) electrons. The molecular formula is C10H13NO2S. The third-order valence-electron chi connectivity index (χ3n) is 2.44. The number of para-hydroxylation sites is 1. The summed E-state index contributed by atoms with van der Waals surface area (Å²) in [5.74, 6) is 0.345. The second-order valence-electron chi connectivity index (χ2n) is 3.76. The average Bonchev–Trinajstić information content (AvgIpc) is 2.47. The van der Waals surface area contributed by atoms with E-state index in [1.165, 1.54) is 6.26 Å². The van der Waals surface area contributed by atoms with E-state index in [2.05, 4.69) is 5.32 Å². The lowest BCUT2D eigenvalue weighted by Gasteiger charge is -2.07. The van der Waals surface area contributed by atoms with Gasteiger partial charge in [0.1, 0.15) is 9.84 Å². The highest BCUT2D eigenvalue weighted by Crippen LogP contribution is 2.31. The molecule has 0 saturated carbocycles. The van der Waals surface area contributed by atoms with Crippen LogP contribution < -0.4 is 5.32 Å². The molecule has 76 valence electrons. The molecule has 1 atom stereocenters. The summed E-state index contributed by atoms with van der Waals surface area (Å²) in [5, 5.41) is 3.21.